The predicted octanol–water partition coefficient (Wildman–Crippen LogP) is 3.32. The fourth-order valence-electron chi connectivity index (χ4n) is 3.89. The number of aromatic nitrogens is 2. The lowest BCUT2D eigenvalue weighted by Crippen LogP contribution is -2.27. The minimum atomic E-state index is -0.465. The van der Waals surface area contributed by atoms with Gasteiger partial charge < -0.3 is 14.2 Å². The number of aryl methyl sites for hydroxylation is 2. The quantitative estimate of drug-likeness (QED) is 0.593. The highest BCUT2D eigenvalue weighted by Crippen LogP contribution is 2.16. The number of likely N-dealkylation sites (tertiary alicyclic amines) is 1. The van der Waals surface area contributed by atoms with Crippen LogP contribution in [0.4, 0.5) is 0 Å². The molecule has 0 N–H and O–H groups in total. The van der Waals surface area contributed by atoms with E-state index in [-0.39, 0.29) is 18.1 Å². The SMILES string of the molecule is CCn1c(=O)c(C)nc2cc(C(=O)OCc3ccc(C(=O)N4CCCC4)cc3)ccc21. The Balaban J connectivity index is 1.45. The molecule has 2 aromatic carbocycles. The summed E-state index contributed by atoms with van der Waals surface area (Å²) in [6, 6.07) is 12.2. The van der Waals surface area contributed by atoms with Gasteiger partial charge >= 0.3 is 5.97 Å². The molecule has 160 valence electrons. The van der Waals surface area contributed by atoms with Crippen molar-refractivity contribution >= 4 is 22.9 Å². The van der Waals surface area contributed by atoms with Crippen LogP contribution in [-0.4, -0.2) is 39.4 Å². The molecule has 2 heterocycles. The highest BCUT2D eigenvalue weighted by atomic mass is 16.5. The molecule has 0 saturated carbocycles. The van der Waals surface area contributed by atoms with Crippen molar-refractivity contribution in [1.29, 1.82) is 0 Å². The zero-order valence-electron chi connectivity index (χ0n) is 17.8. The Morgan fingerprint density at radius 2 is 1.71 bits per heavy atom. The number of hydrogen-bond donors (Lipinski definition) is 0. The van der Waals surface area contributed by atoms with Gasteiger partial charge in [-0.1, -0.05) is 12.1 Å². The summed E-state index contributed by atoms with van der Waals surface area (Å²) in [7, 11) is 0. The van der Waals surface area contributed by atoms with Crippen LogP contribution < -0.4 is 5.56 Å². The van der Waals surface area contributed by atoms with Gasteiger partial charge in [-0.05, 0) is 62.6 Å². The first-order chi connectivity index (χ1) is 15.0. The van der Waals surface area contributed by atoms with Crippen molar-refractivity contribution in [1.82, 2.24) is 14.5 Å². The maximum absolute atomic E-state index is 12.5. The third kappa shape index (κ3) is 4.21. The second kappa shape index (κ2) is 8.71. The number of fused-ring (bicyclic) bond motifs is 1. The molecule has 0 atom stereocenters. The Hall–Kier alpha value is -3.48. The van der Waals surface area contributed by atoms with Crippen LogP contribution in [0.15, 0.2) is 47.3 Å². The number of amides is 1. The largest absolute Gasteiger partial charge is 0.457 e. The molecule has 0 aliphatic carbocycles. The van der Waals surface area contributed by atoms with E-state index in [1.807, 2.05) is 24.0 Å². The molecule has 4 rings (SSSR count). The van der Waals surface area contributed by atoms with Crippen LogP contribution in [0.2, 0.25) is 0 Å². The van der Waals surface area contributed by atoms with Gasteiger partial charge in [-0.25, -0.2) is 9.78 Å². The lowest BCUT2D eigenvalue weighted by molar-refractivity contribution is 0.0472. The second-order valence-corrected chi connectivity index (χ2v) is 7.72. The van der Waals surface area contributed by atoms with E-state index in [1.54, 1.807) is 41.8 Å². The van der Waals surface area contributed by atoms with Gasteiger partial charge in [0, 0.05) is 25.2 Å². The van der Waals surface area contributed by atoms with Crippen LogP contribution in [0.3, 0.4) is 0 Å². The first-order valence-electron chi connectivity index (χ1n) is 10.5. The summed E-state index contributed by atoms with van der Waals surface area (Å²) in [5.41, 5.74) is 3.36. The van der Waals surface area contributed by atoms with E-state index >= 15 is 0 Å². The van der Waals surface area contributed by atoms with Gasteiger partial charge in [0.15, 0.2) is 0 Å². The molecule has 0 spiro atoms. The predicted molar refractivity (Wildman–Crippen MR) is 117 cm³/mol. The number of hydrogen-bond acceptors (Lipinski definition) is 5. The first kappa shape index (κ1) is 20.8. The standard InChI is InChI=1S/C24H25N3O4/c1-3-27-21-11-10-19(14-20(21)25-16(2)22(27)28)24(30)31-15-17-6-8-18(9-7-17)23(29)26-12-4-5-13-26/h6-11,14H,3-5,12-13,15H2,1-2H3. The zero-order chi connectivity index (χ0) is 22.0. The summed E-state index contributed by atoms with van der Waals surface area (Å²) in [5.74, 6) is -0.418. The summed E-state index contributed by atoms with van der Waals surface area (Å²) in [4.78, 5) is 43.4. The summed E-state index contributed by atoms with van der Waals surface area (Å²) < 4.78 is 7.08. The van der Waals surface area contributed by atoms with Gasteiger partial charge in [-0.2, -0.15) is 0 Å². The van der Waals surface area contributed by atoms with Crippen molar-refractivity contribution in [3.8, 4) is 0 Å². The Bertz CT molecular complexity index is 1190. The van der Waals surface area contributed by atoms with E-state index in [0.29, 0.717) is 34.4 Å². The molecular formula is C24H25N3O4. The number of esters is 1. The van der Waals surface area contributed by atoms with E-state index in [2.05, 4.69) is 4.98 Å². The van der Waals surface area contributed by atoms with Crippen LogP contribution in [0.5, 0.6) is 0 Å². The van der Waals surface area contributed by atoms with Gasteiger partial charge in [-0.15, -0.1) is 0 Å². The number of carbonyl (C=O) groups excluding carboxylic acids is 2. The molecule has 3 aromatic rings. The molecule has 1 saturated heterocycles. The first-order valence-corrected chi connectivity index (χ1v) is 10.5. The Labute approximate surface area is 180 Å². The maximum Gasteiger partial charge on any atom is 0.338 e. The third-order valence-electron chi connectivity index (χ3n) is 5.63. The summed E-state index contributed by atoms with van der Waals surface area (Å²) >= 11 is 0. The monoisotopic (exact) mass is 419 g/mol. The fraction of sp³-hybridized carbons (Fsp3) is 0.333. The molecule has 1 aromatic heterocycles. The topological polar surface area (TPSA) is 81.5 Å². The number of carbonyl (C=O) groups is 2. The van der Waals surface area contributed by atoms with E-state index in [9.17, 15) is 14.4 Å². The number of benzene rings is 2. The molecule has 0 bridgehead atoms. The smallest absolute Gasteiger partial charge is 0.338 e. The van der Waals surface area contributed by atoms with Gasteiger partial charge in [0.25, 0.3) is 11.5 Å². The lowest BCUT2D eigenvalue weighted by Gasteiger charge is -2.15. The minimum Gasteiger partial charge on any atom is -0.457 e. The van der Waals surface area contributed by atoms with Crippen LogP contribution in [0, 0.1) is 6.92 Å². The molecule has 0 unspecified atom stereocenters. The Kier molecular flexibility index (Phi) is 5.84. The molecule has 0 radical (unpaired) electrons. The van der Waals surface area contributed by atoms with Crippen LogP contribution in [0.1, 0.15) is 51.7 Å². The van der Waals surface area contributed by atoms with E-state index < -0.39 is 5.97 Å². The molecule has 7 nitrogen and oxygen atoms in total. The van der Waals surface area contributed by atoms with Crippen LogP contribution in [0.25, 0.3) is 11.0 Å². The Morgan fingerprint density at radius 1 is 1.03 bits per heavy atom. The summed E-state index contributed by atoms with van der Waals surface area (Å²) in [5, 5.41) is 0. The van der Waals surface area contributed by atoms with Crippen LogP contribution >= 0.6 is 0 Å². The highest BCUT2D eigenvalue weighted by molar-refractivity contribution is 5.95. The fourth-order valence-corrected chi connectivity index (χ4v) is 3.89. The average Bonchev–Trinajstić information content (AvgIpc) is 3.33. The second-order valence-electron chi connectivity index (χ2n) is 7.72. The number of rotatable bonds is 5. The van der Waals surface area contributed by atoms with Gasteiger partial charge in [0.2, 0.25) is 0 Å². The summed E-state index contributed by atoms with van der Waals surface area (Å²) in [6.07, 6.45) is 2.11. The summed E-state index contributed by atoms with van der Waals surface area (Å²) in [6.45, 7) is 5.82. The molecule has 1 aliphatic rings. The molecule has 1 amide bonds. The van der Waals surface area contributed by atoms with Crippen molar-refractivity contribution in [2.24, 2.45) is 0 Å². The van der Waals surface area contributed by atoms with Crippen molar-refractivity contribution in [2.45, 2.75) is 39.8 Å². The van der Waals surface area contributed by atoms with Gasteiger partial charge in [-0.3, -0.25) is 9.59 Å². The lowest BCUT2D eigenvalue weighted by atomic mass is 10.1. The Morgan fingerprint density at radius 3 is 2.39 bits per heavy atom. The third-order valence-corrected chi connectivity index (χ3v) is 5.63. The van der Waals surface area contributed by atoms with Gasteiger partial charge in [0.1, 0.15) is 12.3 Å². The number of ether oxygens (including phenoxy) is 1. The zero-order valence-corrected chi connectivity index (χ0v) is 17.8. The van der Waals surface area contributed by atoms with E-state index in [1.165, 1.54) is 0 Å². The van der Waals surface area contributed by atoms with Crippen molar-refractivity contribution in [3.63, 3.8) is 0 Å². The van der Waals surface area contributed by atoms with Crippen molar-refractivity contribution in [2.75, 3.05) is 13.1 Å². The highest BCUT2D eigenvalue weighted by Gasteiger charge is 2.19. The van der Waals surface area contributed by atoms with Crippen molar-refractivity contribution < 1.29 is 14.3 Å². The molecule has 7 heteroatoms. The molecular weight excluding hydrogens is 394 g/mol. The number of nitrogens with zero attached hydrogens (tertiary/aromatic N) is 3. The molecule has 1 fully saturated rings. The minimum absolute atomic E-state index is 0.0468. The van der Waals surface area contributed by atoms with E-state index in [0.717, 1.165) is 31.5 Å². The van der Waals surface area contributed by atoms with E-state index in [4.69, 9.17) is 4.74 Å². The maximum atomic E-state index is 12.5. The molecule has 31 heavy (non-hydrogen) atoms. The van der Waals surface area contributed by atoms with Crippen molar-refractivity contribution in [3.05, 3.63) is 75.2 Å². The van der Waals surface area contributed by atoms with Gasteiger partial charge in [0.05, 0.1) is 16.6 Å². The molecule has 1 aliphatic heterocycles. The average molecular weight is 419 g/mol. The van der Waals surface area contributed by atoms with Crippen LogP contribution in [-0.2, 0) is 17.9 Å². The normalized spacial score (nSPS) is 13.5.